The summed E-state index contributed by atoms with van der Waals surface area (Å²) < 4.78 is 13.3. The Kier molecular flexibility index (Phi) is 3.57. The van der Waals surface area contributed by atoms with Crippen molar-refractivity contribution in [1.29, 1.82) is 0 Å². The summed E-state index contributed by atoms with van der Waals surface area (Å²) in [5.41, 5.74) is 4.16. The van der Waals surface area contributed by atoms with Crippen LogP contribution >= 0.6 is 0 Å². The Labute approximate surface area is 140 Å². The number of amides is 1. The van der Waals surface area contributed by atoms with Crippen LogP contribution in [0.3, 0.4) is 0 Å². The molecule has 2 nitrogen and oxygen atoms in total. The summed E-state index contributed by atoms with van der Waals surface area (Å²) in [6.07, 6.45) is 2.09. The summed E-state index contributed by atoms with van der Waals surface area (Å²) in [5.74, 6) is -0.312. The van der Waals surface area contributed by atoms with Crippen LogP contribution in [0.25, 0.3) is 10.8 Å². The number of carbonyl (C=O) groups excluding carboxylic acids is 1. The van der Waals surface area contributed by atoms with Crippen molar-refractivity contribution in [3.8, 4) is 0 Å². The first-order valence-electron chi connectivity index (χ1n) is 8.17. The highest BCUT2D eigenvalue weighted by molar-refractivity contribution is 6.09. The topological polar surface area (TPSA) is 20.3 Å². The molecule has 0 aromatic heterocycles. The molecular formula is C21H18FNO. The van der Waals surface area contributed by atoms with Crippen molar-refractivity contribution in [2.24, 2.45) is 0 Å². The smallest absolute Gasteiger partial charge is 0.254 e. The zero-order chi connectivity index (χ0) is 16.7. The molecule has 0 heterocycles. The minimum Gasteiger partial charge on any atom is -0.337 e. The Bertz CT molecular complexity index is 937. The predicted molar refractivity (Wildman–Crippen MR) is 93.6 cm³/mol. The molecule has 0 saturated carbocycles. The molecule has 24 heavy (non-hydrogen) atoms. The molecule has 0 spiro atoms. The molecule has 1 amide bonds. The minimum atomic E-state index is -0.279. The van der Waals surface area contributed by atoms with Crippen molar-refractivity contribution in [3.63, 3.8) is 0 Å². The van der Waals surface area contributed by atoms with Gasteiger partial charge in [-0.05, 0) is 58.5 Å². The zero-order valence-electron chi connectivity index (χ0n) is 13.6. The van der Waals surface area contributed by atoms with E-state index in [4.69, 9.17) is 0 Å². The third kappa shape index (κ3) is 2.46. The van der Waals surface area contributed by atoms with Gasteiger partial charge in [0.15, 0.2) is 0 Å². The van der Waals surface area contributed by atoms with Gasteiger partial charge in [0.1, 0.15) is 5.82 Å². The molecule has 3 heteroatoms. The average Bonchev–Trinajstić information content (AvgIpc) is 3.00. The van der Waals surface area contributed by atoms with Crippen molar-refractivity contribution < 1.29 is 9.18 Å². The van der Waals surface area contributed by atoms with Gasteiger partial charge in [-0.25, -0.2) is 4.39 Å². The monoisotopic (exact) mass is 319 g/mol. The van der Waals surface area contributed by atoms with Gasteiger partial charge in [-0.3, -0.25) is 4.79 Å². The lowest BCUT2D eigenvalue weighted by atomic mass is 9.99. The highest BCUT2D eigenvalue weighted by Gasteiger charge is 2.20. The Balaban J connectivity index is 1.69. The van der Waals surface area contributed by atoms with E-state index in [1.807, 2.05) is 24.3 Å². The Morgan fingerprint density at radius 1 is 1.04 bits per heavy atom. The Hall–Kier alpha value is -2.68. The van der Waals surface area contributed by atoms with E-state index in [1.165, 1.54) is 28.6 Å². The van der Waals surface area contributed by atoms with Crippen LogP contribution in [0.2, 0.25) is 0 Å². The highest BCUT2D eigenvalue weighted by Crippen LogP contribution is 2.33. The number of benzene rings is 3. The molecule has 3 aromatic rings. The van der Waals surface area contributed by atoms with Crippen molar-refractivity contribution >= 4 is 16.7 Å². The van der Waals surface area contributed by atoms with E-state index in [1.54, 1.807) is 18.0 Å². The maximum absolute atomic E-state index is 13.3. The number of hydrogen-bond donors (Lipinski definition) is 0. The zero-order valence-corrected chi connectivity index (χ0v) is 13.6. The van der Waals surface area contributed by atoms with E-state index in [0.29, 0.717) is 6.54 Å². The number of nitrogens with zero attached hydrogens (tertiary/aromatic N) is 1. The fourth-order valence-electron chi connectivity index (χ4n) is 3.62. The van der Waals surface area contributed by atoms with Crippen LogP contribution in [-0.2, 0) is 19.4 Å². The number of halogens is 1. The van der Waals surface area contributed by atoms with Crippen LogP contribution < -0.4 is 0 Å². The van der Waals surface area contributed by atoms with Gasteiger partial charge in [0.05, 0.1) is 0 Å². The van der Waals surface area contributed by atoms with Crippen LogP contribution in [0, 0.1) is 5.82 Å². The van der Waals surface area contributed by atoms with Gasteiger partial charge in [0.25, 0.3) is 5.91 Å². The maximum Gasteiger partial charge on any atom is 0.254 e. The second kappa shape index (κ2) is 5.75. The van der Waals surface area contributed by atoms with Crippen molar-refractivity contribution in [1.82, 2.24) is 4.90 Å². The predicted octanol–water partition coefficient (Wildman–Crippen LogP) is 4.35. The second-order valence-corrected chi connectivity index (χ2v) is 6.40. The number of carbonyl (C=O) groups is 1. The largest absolute Gasteiger partial charge is 0.337 e. The second-order valence-electron chi connectivity index (χ2n) is 6.40. The molecule has 0 unspecified atom stereocenters. The van der Waals surface area contributed by atoms with Gasteiger partial charge in [-0.1, -0.05) is 36.4 Å². The average molecular weight is 319 g/mol. The quantitative estimate of drug-likeness (QED) is 0.703. The molecule has 3 aromatic carbocycles. The molecule has 4 rings (SSSR count). The van der Waals surface area contributed by atoms with E-state index < -0.39 is 0 Å². The summed E-state index contributed by atoms with van der Waals surface area (Å²) in [6, 6.07) is 16.6. The van der Waals surface area contributed by atoms with E-state index in [0.717, 1.165) is 29.4 Å². The van der Waals surface area contributed by atoms with E-state index in [2.05, 4.69) is 12.1 Å². The van der Waals surface area contributed by atoms with Crippen LogP contribution in [0.5, 0.6) is 0 Å². The van der Waals surface area contributed by atoms with Gasteiger partial charge in [-0.15, -0.1) is 0 Å². The van der Waals surface area contributed by atoms with Gasteiger partial charge in [0, 0.05) is 19.2 Å². The maximum atomic E-state index is 13.3. The third-order valence-corrected chi connectivity index (χ3v) is 4.76. The first kappa shape index (κ1) is 14.9. The lowest BCUT2D eigenvalue weighted by Gasteiger charge is -2.19. The number of hydrogen-bond acceptors (Lipinski definition) is 1. The van der Waals surface area contributed by atoms with Crippen LogP contribution in [0.15, 0.2) is 54.6 Å². The Morgan fingerprint density at radius 3 is 2.58 bits per heavy atom. The van der Waals surface area contributed by atoms with E-state index >= 15 is 0 Å². The van der Waals surface area contributed by atoms with Crippen molar-refractivity contribution in [3.05, 3.63) is 82.7 Å². The molecule has 0 radical (unpaired) electrons. The first-order valence-corrected chi connectivity index (χ1v) is 8.17. The third-order valence-electron chi connectivity index (χ3n) is 4.76. The molecule has 0 saturated heterocycles. The molecular weight excluding hydrogens is 301 g/mol. The molecule has 1 aliphatic carbocycles. The number of rotatable bonds is 3. The van der Waals surface area contributed by atoms with E-state index in [9.17, 15) is 9.18 Å². The highest BCUT2D eigenvalue weighted by atomic mass is 19.1. The summed E-state index contributed by atoms with van der Waals surface area (Å²) in [5, 5.41) is 2.26. The minimum absolute atomic E-state index is 0.0325. The SMILES string of the molecule is CN(Cc1cccc(F)c1)C(=O)c1ccc2c3c(cccc13)CC2. The Morgan fingerprint density at radius 2 is 1.79 bits per heavy atom. The van der Waals surface area contributed by atoms with E-state index in [-0.39, 0.29) is 11.7 Å². The van der Waals surface area contributed by atoms with Gasteiger partial charge >= 0.3 is 0 Å². The van der Waals surface area contributed by atoms with Crippen molar-refractivity contribution in [2.75, 3.05) is 7.05 Å². The molecule has 0 bridgehead atoms. The summed E-state index contributed by atoms with van der Waals surface area (Å²) in [7, 11) is 1.76. The fraction of sp³-hybridized carbons (Fsp3) is 0.190. The fourth-order valence-corrected chi connectivity index (χ4v) is 3.62. The van der Waals surface area contributed by atoms with Crippen LogP contribution in [-0.4, -0.2) is 17.9 Å². The normalized spacial score (nSPS) is 12.6. The molecule has 0 aliphatic heterocycles. The molecule has 0 N–H and O–H groups in total. The van der Waals surface area contributed by atoms with Crippen LogP contribution in [0.4, 0.5) is 4.39 Å². The van der Waals surface area contributed by atoms with Gasteiger partial charge < -0.3 is 4.90 Å². The molecule has 0 atom stereocenters. The molecule has 120 valence electrons. The van der Waals surface area contributed by atoms with Gasteiger partial charge in [0.2, 0.25) is 0 Å². The summed E-state index contributed by atoms with van der Waals surface area (Å²) >= 11 is 0. The lowest BCUT2D eigenvalue weighted by molar-refractivity contribution is 0.0787. The molecule has 1 aliphatic rings. The summed E-state index contributed by atoms with van der Waals surface area (Å²) in [4.78, 5) is 14.6. The van der Waals surface area contributed by atoms with Crippen molar-refractivity contribution in [2.45, 2.75) is 19.4 Å². The lowest BCUT2D eigenvalue weighted by Crippen LogP contribution is -2.26. The number of aryl methyl sites for hydroxylation is 2. The van der Waals surface area contributed by atoms with Crippen LogP contribution in [0.1, 0.15) is 27.0 Å². The first-order chi connectivity index (χ1) is 11.6. The standard InChI is InChI=1S/C21H18FNO/c1-23(13-14-4-2-6-17(22)12-14)21(24)19-11-10-16-9-8-15-5-3-7-18(19)20(15)16/h2-7,10-12H,8-9,13H2,1H3. The summed E-state index contributed by atoms with van der Waals surface area (Å²) in [6.45, 7) is 0.388. The van der Waals surface area contributed by atoms with Gasteiger partial charge in [-0.2, -0.15) is 0 Å². The molecule has 0 fully saturated rings.